The number of benzene rings is 2. The number of hydrogen-bond donors (Lipinski definition) is 4. The number of ether oxygens (including phenoxy) is 2. The van der Waals surface area contributed by atoms with Gasteiger partial charge in [0, 0.05) is 87.9 Å². The van der Waals surface area contributed by atoms with E-state index in [2.05, 4.69) is 56.0 Å². The lowest BCUT2D eigenvalue weighted by molar-refractivity contribution is -0.384. The summed E-state index contributed by atoms with van der Waals surface area (Å²) in [7, 11) is -2.47. The Hall–Kier alpha value is -5.03. The first-order chi connectivity index (χ1) is 28.8. The number of carbonyl (C=O) groups is 1. The monoisotopic (exact) mass is 840 g/mol. The van der Waals surface area contributed by atoms with Crippen LogP contribution in [0.1, 0.15) is 69.2 Å². The molecule has 0 radical (unpaired) electrons. The van der Waals surface area contributed by atoms with Crippen LogP contribution in [0.25, 0.3) is 11.0 Å². The molecule has 4 N–H and O–H groups in total. The predicted octanol–water partition coefficient (Wildman–Crippen LogP) is 6.85. The Balaban J connectivity index is 0.990. The van der Waals surface area contributed by atoms with Crippen LogP contribution in [0.15, 0.2) is 77.0 Å². The average molecular weight is 841 g/mol. The predicted molar refractivity (Wildman–Crippen MR) is 231 cm³/mol. The van der Waals surface area contributed by atoms with Crippen LogP contribution in [-0.2, 0) is 14.8 Å². The Labute approximate surface area is 351 Å². The number of sulfonamides is 1. The first kappa shape index (κ1) is 41.7. The standard InChI is InChI=1S/C44H56N8O7S/c1-44(2)12-8-31(38(25-44)32-20-33(21-32)45-3)28-50-14-16-51(17-15-50)34-4-6-37(41(23-34)59-35-22-30-9-13-46-42(30)48-27-35)43(53)49-60(56,57)36-5-7-39(40(24-36)52(54)55)47-26-29-10-18-58-19-11-29/h4-7,9,13,22-24,27,29,32-33,45,47H,8,10-12,14-21,25-26,28H2,1-3H3,(H,46,48)(H,49,53). The maximum atomic E-state index is 13.9. The molecule has 0 unspecified atom stereocenters. The fraction of sp³-hybridized carbons (Fsp3) is 0.500. The van der Waals surface area contributed by atoms with Crippen LogP contribution in [0.5, 0.6) is 11.5 Å². The van der Waals surface area contributed by atoms with Gasteiger partial charge < -0.3 is 30.0 Å². The molecule has 8 rings (SSSR count). The Morgan fingerprint density at radius 1 is 1.07 bits per heavy atom. The molecule has 4 heterocycles. The maximum absolute atomic E-state index is 13.9. The fourth-order valence-electron chi connectivity index (χ4n) is 9.07. The molecule has 0 bridgehead atoms. The van der Waals surface area contributed by atoms with E-state index in [9.17, 15) is 23.3 Å². The number of nitro groups is 1. The second kappa shape index (κ2) is 17.5. The van der Waals surface area contributed by atoms with Crippen LogP contribution >= 0.6 is 0 Å². The number of amides is 1. The molecular weight excluding hydrogens is 785 g/mol. The largest absolute Gasteiger partial charge is 0.455 e. The van der Waals surface area contributed by atoms with Crippen molar-refractivity contribution in [3.05, 3.63) is 87.7 Å². The van der Waals surface area contributed by atoms with Crippen molar-refractivity contribution >= 4 is 44.0 Å². The third-order valence-corrected chi connectivity index (χ3v) is 14.2. The number of aromatic amines is 1. The summed E-state index contributed by atoms with van der Waals surface area (Å²) in [5.41, 5.74) is 4.96. The molecule has 2 saturated heterocycles. The second-order valence-corrected chi connectivity index (χ2v) is 19.2. The van der Waals surface area contributed by atoms with Gasteiger partial charge in [0.15, 0.2) is 0 Å². The van der Waals surface area contributed by atoms with Gasteiger partial charge in [0.1, 0.15) is 22.8 Å². The zero-order chi connectivity index (χ0) is 42.0. The van der Waals surface area contributed by atoms with Crippen molar-refractivity contribution < 1.29 is 27.6 Å². The van der Waals surface area contributed by atoms with E-state index in [1.807, 2.05) is 6.07 Å². The Morgan fingerprint density at radius 3 is 2.60 bits per heavy atom. The Kier molecular flexibility index (Phi) is 12.2. The first-order valence-electron chi connectivity index (χ1n) is 21.1. The minimum absolute atomic E-state index is 0.0180. The molecule has 16 heteroatoms. The number of allylic oxidation sites excluding steroid dienone is 1. The lowest BCUT2D eigenvalue weighted by Crippen LogP contribution is -2.47. The fourth-order valence-corrected chi connectivity index (χ4v) is 10.1. The van der Waals surface area contributed by atoms with Crippen molar-refractivity contribution in [2.45, 2.75) is 69.7 Å². The number of pyridine rings is 1. The van der Waals surface area contributed by atoms with E-state index in [4.69, 9.17) is 9.47 Å². The van der Waals surface area contributed by atoms with E-state index < -0.39 is 31.4 Å². The number of piperazine rings is 1. The summed E-state index contributed by atoms with van der Waals surface area (Å²) in [6.07, 6.45) is 11.0. The third kappa shape index (κ3) is 9.46. The van der Waals surface area contributed by atoms with Crippen molar-refractivity contribution in [2.75, 3.05) is 69.7 Å². The van der Waals surface area contributed by atoms with Crippen molar-refractivity contribution in [3.63, 3.8) is 0 Å². The number of fused-ring (bicyclic) bond motifs is 1. The van der Waals surface area contributed by atoms with Crippen LogP contribution in [0.2, 0.25) is 0 Å². The quantitative estimate of drug-likeness (QED) is 0.0590. The highest BCUT2D eigenvalue weighted by Gasteiger charge is 2.37. The molecule has 0 spiro atoms. The van der Waals surface area contributed by atoms with Crippen LogP contribution in [0.3, 0.4) is 0 Å². The molecule has 320 valence electrons. The molecule has 0 atom stereocenters. The molecule has 2 aromatic heterocycles. The zero-order valence-corrected chi connectivity index (χ0v) is 35.5. The summed E-state index contributed by atoms with van der Waals surface area (Å²) < 4.78 is 41.2. The second-order valence-electron chi connectivity index (χ2n) is 17.6. The average Bonchev–Trinajstić information content (AvgIpc) is 3.69. The minimum Gasteiger partial charge on any atom is -0.455 e. The van der Waals surface area contributed by atoms with Crippen LogP contribution in [-0.4, -0.2) is 99.7 Å². The van der Waals surface area contributed by atoms with E-state index in [0.717, 1.165) is 69.1 Å². The van der Waals surface area contributed by atoms with E-state index in [1.54, 1.807) is 41.6 Å². The van der Waals surface area contributed by atoms with Gasteiger partial charge >= 0.3 is 0 Å². The van der Waals surface area contributed by atoms with Gasteiger partial charge in [-0.3, -0.25) is 19.8 Å². The summed E-state index contributed by atoms with van der Waals surface area (Å²) >= 11 is 0. The van der Waals surface area contributed by atoms with Gasteiger partial charge in [-0.15, -0.1) is 0 Å². The zero-order valence-electron chi connectivity index (χ0n) is 34.7. The van der Waals surface area contributed by atoms with Crippen LogP contribution in [0, 0.1) is 27.4 Å². The van der Waals surface area contributed by atoms with Crippen LogP contribution < -0.4 is 25.0 Å². The molecule has 60 heavy (non-hydrogen) atoms. The number of carbonyl (C=O) groups excluding carboxylic acids is 1. The maximum Gasteiger partial charge on any atom is 0.293 e. The number of nitrogens with zero attached hydrogens (tertiary/aromatic N) is 4. The summed E-state index contributed by atoms with van der Waals surface area (Å²) in [6, 6.07) is 13.0. The van der Waals surface area contributed by atoms with Gasteiger partial charge in [0.2, 0.25) is 0 Å². The first-order valence-corrected chi connectivity index (χ1v) is 22.6. The normalized spacial score (nSPS) is 21.4. The summed E-state index contributed by atoms with van der Waals surface area (Å²) in [5, 5.41) is 19.4. The Bertz CT molecular complexity index is 2360. The van der Waals surface area contributed by atoms with Gasteiger partial charge in [0.05, 0.1) is 21.6 Å². The van der Waals surface area contributed by atoms with E-state index in [-0.39, 0.29) is 22.9 Å². The van der Waals surface area contributed by atoms with E-state index >= 15 is 0 Å². The number of nitrogens with one attached hydrogen (secondary N) is 4. The van der Waals surface area contributed by atoms with Gasteiger partial charge in [-0.05, 0) is 106 Å². The number of hydrogen-bond acceptors (Lipinski definition) is 12. The highest BCUT2D eigenvalue weighted by atomic mass is 32.2. The van der Waals surface area contributed by atoms with E-state index in [0.29, 0.717) is 48.5 Å². The topological polar surface area (TPSA) is 184 Å². The molecular formula is C44H56N8O7S. The number of aromatic nitrogens is 2. The van der Waals surface area contributed by atoms with Gasteiger partial charge in [-0.1, -0.05) is 25.0 Å². The molecule has 1 amide bonds. The van der Waals surface area contributed by atoms with Crippen molar-refractivity contribution in [3.8, 4) is 11.5 Å². The highest BCUT2D eigenvalue weighted by Crippen LogP contribution is 2.47. The number of rotatable bonds is 14. The summed E-state index contributed by atoms with van der Waals surface area (Å²) in [5.74, 6) is 0.548. The van der Waals surface area contributed by atoms with Gasteiger partial charge in [-0.25, -0.2) is 18.1 Å². The van der Waals surface area contributed by atoms with Gasteiger partial charge in [0.25, 0.3) is 21.6 Å². The summed E-state index contributed by atoms with van der Waals surface area (Å²) in [4.78, 5) is 37.2. The number of anilines is 2. The number of H-pyrrole nitrogens is 1. The number of nitro benzene ring substituents is 1. The van der Waals surface area contributed by atoms with Crippen molar-refractivity contribution in [1.82, 2.24) is 24.9 Å². The molecule has 2 aliphatic carbocycles. The molecule has 4 aliphatic rings. The Morgan fingerprint density at radius 2 is 1.85 bits per heavy atom. The van der Waals surface area contributed by atoms with E-state index in [1.165, 1.54) is 44.0 Å². The SMILES string of the molecule is CNC1CC(C2=C(CN3CCN(c4ccc(C(=O)NS(=O)(=O)c5ccc(NCC6CCOCC6)c([N+](=O)[O-])c5)c(Oc5cnc6[nH]ccc6c5)c4)CC3)CCC(C)(C)C2)C1. The molecule has 2 aromatic carbocycles. The third-order valence-electron chi connectivity index (χ3n) is 12.9. The molecule has 4 aromatic rings. The summed E-state index contributed by atoms with van der Waals surface area (Å²) in [6.45, 7) is 10.9. The molecule has 2 aliphatic heterocycles. The molecule has 3 fully saturated rings. The molecule has 1 saturated carbocycles. The lowest BCUT2D eigenvalue weighted by Gasteiger charge is -2.44. The van der Waals surface area contributed by atoms with Crippen LogP contribution in [0.4, 0.5) is 17.1 Å². The van der Waals surface area contributed by atoms with Gasteiger partial charge in [-0.2, -0.15) is 0 Å². The van der Waals surface area contributed by atoms with Crippen molar-refractivity contribution in [1.29, 1.82) is 0 Å². The minimum atomic E-state index is -4.54. The highest BCUT2D eigenvalue weighted by molar-refractivity contribution is 7.90. The molecule has 15 nitrogen and oxygen atoms in total. The van der Waals surface area contributed by atoms with Crippen molar-refractivity contribution in [2.24, 2.45) is 17.3 Å². The smallest absolute Gasteiger partial charge is 0.293 e. The lowest BCUT2D eigenvalue weighted by atomic mass is 9.65.